The van der Waals surface area contributed by atoms with Crippen molar-refractivity contribution >= 4 is 39.8 Å². The zero-order valence-electron chi connectivity index (χ0n) is 17.3. The summed E-state index contributed by atoms with van der Waals surface area (Å²) in [6.45, 7) is 9.01. The molecule has 3 aromatic rings. The molecule has 0 atom stereocenters. The second-order valence-corrected chi connectivity index (χ2v) is 8.59. The Labute approximate surface area is 179 Å². The number of nitrogens with zero attached hydrogens (tertiary/aromatic N) is 5. The van der Waals surface area contributed by atoms with Crippen LogP contribution in [0, 0.1) is 20.8 Å². The number of thioether (sulfide) groups is 1. The number of hydrogen-bond acceptors (Lipinski definition) is 7. The number of benzene rings is 1. The fourth-order valence-electron chi connectivity index (χ4n) is 3.22. The molecule has 154 valence electrons. The van der Waals surface area contributed by atoms with Crippen molar-refractivity contribution in [2.75, 3.05) is 18.6 Å². The van der Waals surface area contributed by atoms with E-state index < -0.39 is 0 Å². The minimum Gasteiger partial charge on any atom is -0.383 e. The molecule has 0 bridgehead atoms. The van der Waals surface area contributed by atoms with Gasteiger partial charge in [0.2, 0.25) is 5.91 Å². The highest BCUT2D eigenvalue weighted by Gasteiger charge is 2.22. The summed E-state index contributed by atoms with van der Waals surface area (Å²) in [5.41, 5.74) is 5.13. The molecule has 0 aliphatic carbocycles. The summed E-state index contributed by atoms with van der Waals surface area (Å²) in [6, 6.07) is 4.19. The van der Waals surface area contributed by atoms with E-state index in [1.165, 1.54) is 16.9 Å². The number of ether oxygens (including phenoxy) is 1. The van der Waals surface area contributed by atoms with Crippen molar-refractivity contribution in [2.45, 2.75) is 45.1 Å². The van der Waals surface area contributed by atoms with Crippen LogP contribution in [0.2, 0.25) is 0 Å². The van der Waals surface area contributed by atoms with Gasteiger partial charge >= 0.3 is 0 Å². The summed E-state index contributed by atoms with van der Waals surface area (Å²) in [5, 5.41) is 11.6. The highest BCUT2D eigenvalue weighted by molar-refractivity contribution is 7.98. The number of aromatic nitrogens is 4. The Morgan fingerprint density at radius 2 is 2.00 bits per heavy atom. The molecule has 0 N–H and O–H groups in total. The largest absolute Gasteiger partial charge is 0.383 e. The number of carbonyl (C=O) groups is 1. The second kappa shape index (κ2) is 9.51. The SMILES string of the molecule is COCCn1cnnc1SCc1csc(N(C(C)=O)c2c(C)cc(C)cc2C)n1. The maximum absolute atomic E-state index is 12.5. The van der Waals surface area contributed by atoms with E-state index in [1.807, 2.05) is 23.8 Å². The maximum atomic E-state index is 12.5. The molecule has 2 heterocycles. The number of anilines is 2. The van der Waals surface area contributed by atoms with Gasteiger partial charge in [-0.05, 0) is 31.9 Å². The first-order chi connectivity index (χ1) is 13.9. The number of aryl methyl sites for hydroxylation is 3. The summed E-state index contributed by atoms with van der Waals surface area (Å²) < 4.78 is 7.08. The Bertz CT molecular complexity index is 975. The van der Waals surface area contributed by atoms with Crippen LogP contribution in [0.15, 0.2) is 29.0 Å². The molecular formula is C20H25N5O2S2. The van der Waals surface area contributed by atoms with Crippen molar-refractivity contribution in [1.29, 1.82) is 0 Å². The zero-order valence-corrected chi connectivity index (χ0v) is 18.9. The summed E-state index contributed by atoms with van der Waals surface area (Å²) in [5.74, 6) is 0.604. The van der Waals surface area contributed by atoms with Crippen LogP contribution >= 0.6 is 23.1 Å². The van der Waals surface area contributed by atoms with Gasteiger partial charge in [-0.3, -0.25) is 9.69 Å². The van der Waals surface area contributed by atoms with E-state index in [1.54, 1.807) is 37.0 Å². The molecule has 29 heavy (non-hydrogen) atoms. The molecule has 9 heteroatoms. The number of carbonyl (C=O) groups excluding carboxylic acids is 1. The van der Waals surface area contributed by atoms with Gasteiger partial charge in [0.05, 0.1) is 18.0 Å². The lowest BCUT2D eigenvalue weighted by molar-refractivity contribution is -0.115. The van der Waals surface area contributed by atoms with Crippen molar-refractivity contribution in [3.05, 3.63) is 46.2 Å². The Hall–Kier alpha value is -2.23. The number of hydrogen-bond donors (Lipinski definition) is 0. The quantitative estimate of drug-likeness (QED) is 0.496. The van der Waals surface area contributed by atoms with Gasteiger partial charge in [-0.15, -0.1) is 21.5 Å². The monoisotopic (exact) mass is 431 g/mol. The highest BCUT2D eigenvalue weighted by atomic mass is 32.2. The van der Waals surface area contributed by atoms with Crippen LogP contribution in [0.25, 0.3) is 0 Å². The molecule has 0 unspecified atom stereocenters. The normalized spacial score (nSPS) is 11.1. The van der Waals surface area contributed by atoms with Gasteiger partial charge in [0, 0.05) is 31.7 Å². The Balaban J connectivity index is 1.79. The molecule has 1 aromatic carbocycles. The van der Waals surface area contributed by atoms with Crippen molar-refractivity contribution < 1.29 is 9.53 Å². The van der Waals surface area contributed by atoms with E-state index in [0.717, 1.165) is 27.7 Å². The van der Waals surface area contributed by atoms with E-state index in [9.17, 15) is 4.79 Å². The van der Waals surface area contributed by atoms with Crippen LogP contribution in [0.4, 0.5) is 10.8 Å². The molecule has 0 aliphatic rings. The lowest BCUT2D eigenvalue weighted by atomic mass is 10.0. The Morgan fingerprint density at radius 1 is 1.28 bits per heavy atom. The molecule has 1 amide bonds. The van der Waals surface area contributed by atoms with Crippen LogP contribution in [-0.2, 0) is 21.8 Å². The third-order valence-electron chi connectivity index (χ3n) is 4.37. The van der Waals surface area contributed by atoms with Crippen molar-refractivity contribution in [1.82, 2.24) is 19.7 Å². The van der Waals surface area contributed by atoms with Gasteiger partial charge in [-0.1, -0.05) is 29.5 Å². The van der Waals surface area contributed by atoms with Gasteiger partial charge in [-0.25, -0.2) is 4.98 Å². The van der Waals surface area contributed by atoms with Crippen LogP contribution < -0.4 is 4.90 Å². The fourth-order valence-corrected chi connectivity index (χ4v) is 5.03. The van der Waals surface area contributed by atoms with E-state index in [4.69, 9.17) is 9.72 Å². The fraction of sp³-hybridized carbons (Fsp3) is 0.400. The molecular weight excluding hydrogens is 406 g/mol. The van der Waals surface area contributed by atoms with E-state index >= 15 is 0 Å². The van der Waals surface area contributed by atoms with Gasteiger partial charge < -0.3 is 9.30 Å². The minimum absolute atomic E-state index is 0.0482. The molecule has 0 saturated heterocycles. The van der Waals surface area contributed by atoms with E-state index in [0.29, 0.717) is 24.0 Å². The molecule has 7 nitrogen and oxygen atoms in total. The predicted molar refractivity (Wildman–Crippen MR) is 117 cm³/mol. The smallest absolute Gasteiger partial charge is 0.230 e. The zero-order chi connectivity index (χ0) is 21.0. The molecule has 2 aromatic heterocycles. The molecule has 3 rings (SSSR count). The van der Waals surface area contributed by atoms with Crippen molar-refractivity contribution in [3.8, 4) is 0 Å². The lowest BCUT2D eigenvalue weighted by Crippen LogP contribution is -2.24. The van der Waals surface area contributed by atoms with Gasteiger partial charge in [-0.2, -0.15) is 0 Å². The topological polar surface area (TPSA) is 73.1 Å². The van der Waals surface area contributed by atoms with Gasteiger partial charge in [0.1, 0.15) is 6.33 Å². The second-order valence-electron chi connectivity index (χ2n) is 6.81. The molecule has 0 spiro atoms. The number of rotatable bonds is 8. The number of thiazole rings is 1. The molecule has 0 saturated carbocycles. The highest BCUT2D eigenvalue weighted by Crippen LogP contribution is 2.35. The summed E-state index contributed by atoms with van der Waals surface area (Å²) in [6.07, 6.45) is 1.70. The van der Waals surface area contributed by atoms with Gasteiger partial charge in [0.15, 0.2) is 10.3 Å². The van der Waals surface area contributed by atoms with Crippen LogP contribution in [0.5, 0.6) is 0 Å². The first-order valence-electron chi connectivity index (χ1n) is 9.23. The van der Waals surface area contributed by atoms with E-state index in [2.05, 4.69) is 29.3 Å². The number of amides is 1. The number of methoxy groups -OCH3 is 1. The van der Waals surface area contributed by atoms with Crippen molar-refractivity contribution in [3.63, 3.8) is 0 Å². The van der Waals surface area contributed by atoms with E-state index in [-0.39, 0.29) is 5.91 Å². The van der Waals surface area contributed by atoms with Crippen LogP contribution in [-0.4, -0.2) is 39.4 Å². The third-order valence-corrected chi connectivity index (χ3v) is 6.26. The predicted octanol–water partition coefficient (Wildman–Crippen LogP) is 4.28. The van der Waals surface area contributed by atoms with Crippen molar-refractivity contribution in [2.24, 2.45) is 0 Å². The first kappa shape index (κ1) is 21.5. The maximum Gasteiger partial charge on any atom is 0.230 e. The summed E-state index contributed by atoms with van der Waals surface area (Å²) in [4.78, 5) is 18.9. The van der Waals surface area contributed by atoms with Gasteiger partial charge in [0.25, 0.3) is 0 Å². The summed E-state index contributed by atoms with van der Waals surface area (Å²) >= 11 is 3.04. The molecule has 0 radical (unpaired) electrons. The third kappa shape index (κ3) is 5.04. The first-order valence-corrected chi connectivity index (χ1v) is 11.1. The Kier molecular flexibility index (Phi) is 7.05. The van der Waals surface area contributed by atoms with Crippen LogP contribution in [0.3, 0.4) is 0 Å². The average molecular weight is 432 g/mol. The average Bonchev–Trinajstić information content (AvgIpc) is 3.29. The van der Waals surface area contributed by atoms with Crippen LogP contribution in [0.1, 0.15) is 29.3 Å². The molecule has 0 fully saturated rings. The minimum atomic E-state index is -0.0482. The lowest BCUT2D eigenvalue weighted by Gasteiger charge is -2.23. The Morgan fingerprint density at radius 3 is 2.66 bits per heavy atom. The standard InChI is InChI=1S/C20H25N5O2S2/c1-13-8-14(2)18(15(3)9-13)25(16(4)26)19-22-17(10-28-19)11-29-20-23-21-12-24(20)6-7-27-5/h8-10,12H,6-7,11H2,1-5H3. The summed E-state index contributed by atoms with van der Waals surface area (Å²) in [7, 11) is 1.67. The molecule has 0 aliphatic heterocycles.